The number of halogens is 2. The van der Waals surface area contributed by atoms with Crippen molar-refractivity contribution in [3.05, 3.63) is 69.2 Å². The van der Waals surface area contributed by atoms with Crippen LogP contribution in [0, 0.1) is 11.3 Å². The smallest absolute Gasteiger partial charge is 0.266 e. The van der Waals surface area contributed by atoms with Gasteiger partial charge in [-0.15, -0.1) is 0 Å². The topological polar surface area (TPSA) is 56.1 Å². The van der Waals surface area contributed by atoms with Gasteiger partial charge < -0.3 is 10.2 Å². The van der Waals surface area contributed by atoms with Crippen molar-refractivity contribution in [2.24, 2.45) is 0 Å². The van der Waals surface area contributed by atoms with Crippen molar-refractivity contribution < 1.29 is 4.79 Å². The molecule has 0 saturated heterocycles. The first-order chi connectivity index (χ1) is 13.6. The number of rotatable bonds is 3. The number of fused-ring (bicyclic) bond motifs is 1. The molecule has 0 unspecified atom stereocenters. The zero-order valence-corrected chi connectivity index (χ0v) is 18.2. The maximum atomic E-state index is 12.6. The summed E-state index contributed by atoms with van der Waals surface area (Å²) in [4.78, 5) is 14.7. The van der Waals surface area contributed by atoms with E-state index in [-0.39, 0.29) is 11.1 Å². The van der Waals surface area contributed by atoms with Crippen LogP contribution in [0.4, 0.5) is 11.4 Å². The molecule has 29 heavy (non-hydrogen) atoms. The quantitative estimate of drug-likeness (QED) is 0.472. The minimum atomic E-state index is -0.519. The minimum absolute atomic E-state index is 0.0436. The van der Waals surface area contributed by atoms with Crippen molar-refractivity contribution in [3.8, 4) is 6.07 Å². The van der Waals surface area contributed by atoms with Crippen molar-refractivity contribution in [1.82, 2.24) is 0 Å². The number of anilines is 2. The Labute approximate surface area is 181 Å². The van der Waals surface area contributed by atoms with Crippen LogP contribution in [-0.4, -0.2) is 18.5 Å². The van der Waals surface area contributed by atoms with Crippen LogP contribution in [0.5, 0.6) is 0 Å². The lowest BCUT2D eigenvalue weighted by molar-refractivity contribution is -0.112. The van der Waals surface area contributed by atoms with Gasteiger partial charge in [-0.1, -0.05) is 35.3 Å². The molecule has 1 heterocycles. The molecule has 0 spiro atoms. The predicted molar refractivity (Wildman–Crippen MR) is 121 cm³/mol. The van der Waals surface area contributed by atoms with E-state index < -0.39 is 5.91 Å². The van der Waals surface area contributed by atoms with Gasteiger partial charge in [0.05, 0.1) is 5.54 Å². The molecule has 2 aromatic carbocycles. The second-order valence-electron chi connectivity index (χ2n) is 7.57. The molecular weight excluding hydrogens is 405 g/mol. The molecule has 0 fully saturated rings. The number of nitrogens with one attached hydrogen (secondary N) is 1. The largest absolute Gasteiger partial charge is 0.365 e. The number of carbonyl (C=O) groups is 1. The minimum Gasteiger partial charge on any atom is -0.365 e. The van der Waals surface area contributed by atoms with Crippen LogP contribution >= 0.6 is 23.2 Å². The van der Waals surface area contributed by atoms with Gasteiger partial charge in [0.1, 0.15) is 11.6 Å². The highest BCUT2D eigenvalue weighted by atomic mass is 35.5. The van der Waals surface area contributed by atoms with Crippen molar-refractivity contribution in [3.63, 3.8) is 0 Å². The molecule has 0 radical (unpaired) electrons. The maximum Gasteiger partial charge on any atom is 0.266 e. The SMILES string of the molecule is CC1=CC(C)(C)N(C)c2cc(Cl)c(/C=C(/C#N)C(=O)Nc3cccc(Cl)c3)cc21. The fourth-order valence-electron chi connectivity index (χ4n) is 3.37. The highest BCUT2D eigenvalue weighted by Gasteiger charge is 2.29. The van der Waals surface area contributed by atoms with Gasteiger partial charge in [0.2, 0.25) is 0 Å². The number of allylic oxidation sites excluding steroid dienone is 1. The van der Waals surface area contributed by atoms with Gasteiger partial charge in [0.15, 0.2) is 0 Å². The second kappa shape index (κ2) is 7.94. The average molecular weight is 426 g/mol. The maximum absolute atomic E-state index is 12.6. The van der Waals surface area contributed by atoms with Crippen LogP contribution in [0.15, 0.2) is 48.0 Å². The molecule has 0 bridgehead atoms. The monoisotopic (exact) mass is 425 g/mol. The Kier molecular flexibility index (Phi) is 5.75. The molecule has 4 nitrogen and oxygen atoms in total. The third-order valence-corrected chi connectivity index (χ3v) is 5.65. The molecule has 2 aromatic rings. The van der Waals surface area contributed by atoms with Crippen LogP contribution in [0.25, 0.3) is 11.6 Å². The average Bonchev–Trinajstić information content (AvgIpc) is 2.64. The van der Waals surface area contributed by atoms with Gasteiger partial charge in [-0.05, 0) is 68.3 Å². The molecule has 0 aliphatic carbocycles. The van der Waals surface area contributed by atoms with Crippen molar-refractivity contribution in [2.75, 3.05) is 17.3 Å². The van der Waals surface area contributed by atoms with Gasteiger partial charge in [-0.25, -0.2) is 0 Å². The number of amides is 1. The summed E-state index contributed by atoms with van der Waals surface area (Å²) < 4.78 is 0. The lowest BCUT2D eigenvalue weighted by Crippen LogP contribution is -2.42. The Morgan fingerprint density at radius 2 is 1.97 bits per heavy atom. The molecule has 3 rings (SSSR count). The van der Waals surface area contributed by atoms with Crippen LogP contribution in [0.3, 0.4) is 0 Å². The zero-order valence-electron chi connectivity index (χ0n) is 16.7. The van der Waals surface area contributed by atoms with E-state index in [1.54, 1.807) is 24.3 Å². The second-order valence-corrected chi connectivity index (χ2v) is 8.41. The number of nitrogens with zero attached hydrogens (tertiary/aromatic N) is 2. The molecule has 0 aromatic heterocycles. The summed E-state index contributed by atoms with van der Waals surface area (Å²) in [6, 6.07) is 12.5. The van der Waals surface area contributed by atoms with E-state index >= 15 is 0 Å². The summed E-state index contributed by atoms with van der Waals surface area (Å²) in [5.74, 6) is -0.519. The summed E-state index contributed by atoms with van der Waals surface area (Å²) in [5, 5.41) is 13.2. The van der Waals surface area contributed by atoms with E-state index in [0.717, 1.165) is 16.8 Å². The summed E-state index contributed by atoms with van der Waals surface area (Å²) >= 11 is 12.5. The highest BCUT2D eigenvalue weighted by Crippen LogP contribution is 2.40. The predicted octanol–water partition coefficient (Wildman–Crippen LogP) is 6.17. The highest BCUT2D eigenvalue weighted by molar-refractivity contribution is 6.33. The van der Waals surface area contributed by atoms with Crippen molar-refractivity contribution >= 4 is 52.1 Å². The van der Waals surface area contributed by atoms with E-state index in [1.165, 1.54) is 6.08 Å². The number of benzene rings is 2. The summed E-state index contributed by atoms with van der Waals surface area (Å²) in [5.41, 5.74) is 4.11. The van der Waals surface area contributed by atoms with E-state index in [4.69, 9.17) is 23.2 Å². The standard InChI is InChI=1S/C23H21Cl2N3O/c1-14-12-23(2,3)28(4)21-11-20(25)15(9-19(14)21)8-16(13-26)22(29)27-18-7-5-6-17(24)10-18/h5-12H,1-4H3,(H,27,29)/b16-8-. The summed E-state index contributed by atoms with van der Waals surface area (Å²) in [7, 11) is 2.02. The molecule has 0 atom stereocenters. The van der Waals surface area contributed by atoms with Crippen LogP contribution in [0.1, 0.15) is 31.9 Å². The summed E-state index contributed by atoms with van der Waals surface area (Å²) in [6.45, 7) is 6.32. The molecule has 1 amide bonds. The van der Waals surface area contributed by atoms with E-state index in [1.807, 2.05) is 32.2 Å². The Balaban J connectivity index is 1.98. The van der Waals surface area contributed by atoms with Gasteiger partial charge in [-0.3, -0.25) is 4.79 Å². The zero-order chi connectivity index (χ0) is 21.3. The lowest BCUT2D eigenvalue weighted by atomic mass is 9.88. The van der Waals surface area contributed by atoms with Gasteiger partial charge >= 0.3 is 0 Å². The molecule has 1 aliphatic heterocycles. The number of likely N-dealkylation sites (N-methyl/N-ethyl adjacent to an activating group) is 1. The lowest BCUT2D eigenvalue weighted by Gasteiger charge is -2.40. The first kappa shape index (κ1) is 21.0. The number of hydrogen-bond donors (Lipinski definition) is 1. The van der Waals surface area contributed by atoms with Gasteiger partial charge in [-0.2, -0.15) is 5.26 Å². The van der Waals surface area contributed by atoms with Crippen molar-refractivity contribution in [1.29, 1.82) is 5.26 Å². The third kappa shape index (κ3) is 4.32. The van der Waals surface area contributed by atoms with Crippen LogP contribution < -0.4 is 10.2 Å². The molecule has 1 N–H and O–H groups in total. The van der Waals surface area contributed by atoms with Crippen molar-refractivity contribution in [2.45, 2.75) is 26.3 Å². The Hall–Kier alpha value is -2.74. The molecule has 6 heteroatoms. The normalized spacial score (nSPS) is 15.3. The van der Waals surface area contributed by atoms with Gasteiger partial charge in [0.25, 0.3) is 5.91 Å². The third-order valence-electron chi connectivity index (χ3n) is 5.08. The number of nitriles is 1. The molecule has 148 valence electrons. The number of hydrogen-bond acceptors (Lipinski definition) is 3. The van der Waals surface area contributed by atoms with Crippen LogP contribution in [-0.2, 0) is 4.79 Å². The Morgan fingerprint density at radius 3 is 2.62 bits per heavy atom. The fourth-order valence-corrected chi connectivity index (χ4v) is 3.77. The van der Waals surface area contributed by atoms with Gasteiger partial charge in [0, 0.05) is 34.0 Å². The van der Waals surface area contributed by atoms with E-state index in [0.29, 0.717) is 21.3 Å². The molecule has 1 aliphatic rings. The molecule has 0 saturated carbocycles. The first-order valence-corrected chi connectivity index (χ1v) is 9.84. The van der Waals surface area contributed by atoms with E-state index in [9.17, 15) is 10.1 Å². The van der Waals surface area contributed by atoms with Crippen LogP contribution in [0.2, 0.25) is 10.0 Å². The Morgan fingerprint density at radius 1 is 1.24 bits per heavy atom. The first-order valence-electron chi connectivity index (χ1n) is 9.08. The van der Waals surface area contributed by atoms with E-state index in [2.05, 4.69) is 30.1 Å². The summed E-state index contributed by atoms with van der Waals surface area (Å²) in [6.07, 6.45) is 3.70. The molecular formula is C23H21Cl2N3O. The fraction of sp³-hybridized carbons (Fsp3) is 0.217. The number of carbonyl (C=O) groups excluding carboxylic acids is 1. The Bertz CT molecular complexity index is 1090.